The molecule has 1 N–H and O–H groups in total. The standard InChI is InChI=1S/C15H21N3/c1-15(2)9-4-3-6-12(15)17-14-8-5-7-13-16-10-11-18(13)14/h5,7-8,10-12,17H,3-4,6,9H2,1-2H3. The predicted octanol–water partition coefficient (Wildman–Crippen LogP) is 3.72. The second-order valence-corrected chi connectivity index (χ2v) is 6.00. The largest absolute Gasteiger partial charge is 0.368 e. The number of nitrogens with one attached hydrogen (secondary N) is 1. The Labute approximate surface area is 108 Å². The fraction of sp³-hybridized carbons (Fsp3) is 0.533. The molecule has 96 valence electrons. The molecule has 0 saturated heterocycles. The zero-order chi connectivity index (χ0) is 12.6. The summed E-state index contributed by atoms with van der Waals surface area (Å²) < 4.78 is 2.13. The van der Waals surface area contributed by atoms with Crippen LogP contribution in [0.5, 0.6) is 0 Å². The second-order valence-electron chi connectivity index (χ2n) is 6.00. The van der Waals surface area contributed by atoms with Gasteiger partial charge in [0.2, 0.25) is 0 Å². The number of anilines is 1. The summed E-state index contributed by atoms with van der Waals surface area (Å²) in [5.41, 5.74) is 1.38. The molecule has 0 aliphatic heterocycles. The van der Waals surface area contributed by atoms with Crippen LogP contribution in [-0.4, -0.2) is 15.4 Å². The van der Waals surface area contributed by atoms with Crippen LogP contribution in [0.4, 0.5) is 5.82 Å². The first-order valence-electron chi connectivity index (χ1n) is 6.85. The Bertz CT molecular complexity index is 541. The van der Waals surface area contributed by atoms with E-state index < -0.39 is 0 Å². The van der Waals surface area contributed by atoms with Crippen molar-refractivity contribution in [3.8, 4) is 0 Å². The molecule has 1 aliphatic rings. The van der Waals surface area contributed by atoms with Crippen molar-refractivity contribution in [3.63, 3.8) is 0 Å². The van der Waals surface area contributed by atoms with Crippen LogP contribution in [0.25, 0.3) is 5.65 Å². The van der Waals surface area contributed by atoms with E-state index >= 15 is 0 Å². The Kier molecular flexibility index (Phi) is 2.77. The topological polar surface area (TPSA) is 29.3 Å². The summed E-state index contributed by atoms with van der Waals surface area (Å²) in [5, 5.41) is 3.72. The monoisotopic (exact) mass is 243 g/mol. The van der Waals surface area contributed by atoms with Crippen molar-refractivity contribution in [2.24, 2.45) is 5.41 Å². The lowest BCUT2D eigenvalue weighted by atomic mass is 9.73. The normalized spacial score (nSPS) is 23.1. The summed E-state index contributed by atoms with van der Waals surface area (Å²) in [7, 11) is 0. The number of hydrogen-bond donors (Lipinski definition) is 1. The number of hydrogen-bond acceptors (Lipinski definition) is 2. The van der Waals surface area contributed by atoms with Gasteiger partial charge < -0.3 is 5.32 Å². The quantitative estimate of drug-likeness (QED) is 0.871. The summed E-state index contributed by atoms with van der Waals surface area (Å²) in [6.07, 6.45) is 9.14. The van der Waals surface area contributed by atoms with Gasteiger partial charge in [-0.3, -0.25) is 4.40 Å². The number of aromatic nitrogens is 2. The molecule has 0 radical (unpaired) electrons. The highest BCUT2D eigenvalue weighted by Gasteiger charge is 2.32. The minimum absolute atomic E-state index is 0.376. The van der Waals surface area contributed by atoms with Gasteiger partial charge in [-0.05, 0) is 30.4 Å². The third-order valence-corrected chi connectivity index (χ3v) is 4.26. The van der Waals surface area contributed by atoms with Crippen molar-refractivity contribution in [2.75, 3.05) is 5.32 Å². The van der Waals surface area contributed by atoms with Crippen molar-refractivity contribution in [2.45, 2.75) is 45.6 Å². The van der Waals surface area contributed by atoms with Crippen LogP contribution < -0.4 is 5.32 Å². The summed E-state index contributed by atoms with van der Waals surface area (Å²) >= 11 is 0. The SMILES string of the molecule is CC1(C)CCCCC1Nc1cccc2nccn12. The van der Waals surface area contributed by atoms with Gasteiger partial charge in [0.1, 0.15) is 11.5 Å². The summed E-state index contributed by atoms with van der Waals surface area (Å²) in [6.45, 7) is 4.75. The van der Waals surface area contributed by atoms with E-state index in [9.17, 15) is 0 Å². The van der Waals surface area contributed by atoms with E-state index in [0.717, 1.165) is 11.5 Å². The van der Waals surface area contributed by atoms with E-state index in [4.69, 9.17) is 0 Å². The van der Waals surface area contributed by atoms with E-state index in [1.807, 2.05) is 18.5 Å². The molecule has 3 heteroatoms. The molecule has 1 fully saturated rings. The molecule has 1 saturated carbocycles. The molecule has 3 rings (SSSR count). The molecule has 1 aliphatic carbocycles. The van der Waals surface area contributed by atoms with Gasteiger partial charge in [0.15, 0.2) is 0 Å². The van der Waals surface area contributed by atoms with Crippen LogP contribution in [0, 0.1) is 5.41 Å². The average molecular weight is 243 g/mol. The van der Waals surface area contributed by atoms with Crippen molar-refractivity contribution < 1.29 is 0 Å². The zero-order valence-corrected chi connectivity index (χ0v) is 11.2. The summed E-state index contributed by atoms with van der Waals surface area (Å²) in [5.74, 6) is 1.16. The van der Waals surface area contributed by atoms with Gasteiger partial charge in [0, 0.05) is 18.4 Å². The predicted molar refractivity (Wildman–Crippen MR) is 74.9 cm³/mol. The molecule has 1 unspecified atom stereocenters. The molecule has 0 aromatic carbocycles. The van der Waals surface area contributed by atoms with Crippen LogP contribution in [-0.2, 0) is 0 Å². The average Bonchev–Trinajstić information content (AvgIpc) is 2.81. The first kappa shape index (κ1) is 11.6. The van der Waals surface area contributed by atoms with Gasteiger partial charge in [0.05, 0.1) is 0 Å². The van der Waals surface area contributed by atoms with Crippen molar-refractivity contribution >= 4 is 11.5 Å². The van der Waals surface area contributed by atoms with Gasteiger partial charge >= 0.3 is 0 Å². The van der Waals surface area contributed by atoms with Gasteiger partial charge in [-0.25, -0.2) is 4.98 Å². The Morgan fingerprint density at radius 3 is 3.06 bits per heavy atom. The van der Waals surface area contributed by atoms with E-state index in [1.165, 1.54) is 25.7 Å². The fourth-order valence-electron chi connectivity index (χ4n) is 3.01. The number of pyridine rings is 1. The number of imidazole rings is 1. The van der Waals surface area contributed by atoms with Crippen molar-refractivity contribution in [3.05, 3.63) is 30.6 Å². The van der Waals surface area contributed by atoms with Gasteiger partial charge in [-0.2, -0.15) is 0 Å². The van der Waals surface area contributed by atoms with E-state index in [1.54, 1.807) is 0 Å². The number of fused-ring (bicyclic) bond motifs is 1. The zero-order valence-electron chi connectivity index (χ0n) is 11.2. The molecule has 3 nitrogen and oxygen atoms in total. The van der Waals surface area contributed by atoms with Crippen LogP contribution >= 0.6 is 0 Å². The maximum atomic E-state index is 4.33. The molecule has 0 amide bonds. The van der Waals surface area contributed by atoms with E-state index in [2.05, 4.69) is 40.7 Å². The van der Waals surface area contributed by atoms with Gasteiger partial charge in [-0.1, -0.05) is 32.8 Å². The maximum absolute atomic E-state index is 4.33. The van der Waals surface area contributed by atoms with Crippen LogP contribution in [0.1, 0.15) is 39.5 Å². The fourth-order valence-corrected chi connectivity index (χ4v) is 3.01. The lowest BCUT2D eigenvalue weighted by molar-refractivity contribution is 0.216. The van der Waals surface area contributed by atoms with Gasteiger partial charge in [0.25, 0.3) is 0 Å². The van der Waals surface area contributed by atoms with E-state index in [0.29, 0.717) is 11.5 Å². The molecule has 1 atom stereocenters. The minimum Gasteiger partial charge on any atom is -0.368 e. The smallest absolute Gasteiger partial charge is 0.138 e. The molecule has 2 aromatic rings. The highest BCUT2D eigenvalue weighted by atomic mass is 15.1. The van der Waals surface area contributed by atoms with Crippen molar-refractivity contribution in [1.82, 2.24) is 9.38 Å². The highest BCUT2D eigenvalue weighted by molar-refractivity contribution is 5.50. The van der Waals surface area contributed by atoms with Crippen LogP contribution in [0.2, 0.25) is 0 Å². The first-order chi connectivity index (χ1) is 8.67. The molecule has 0 bridgehead atoms. The minimum atomic E-state index is 0.376. The summed E-state index contributed by atoms with van der Waals surface area (Å²) in [4.78, 5) is 4.33. The molecular weight excluding hydrogens is 222 g/mol. The van der Waals surface area contributed by atoms with E-state index in [-0.39, 0.29) is 0 Å². The van der Waals surface area contributed by atoms with Gasteiger partial charge in [-0.15, -0.1) is 0 Å². The second kappa shape index (κ2) is 4.30. The Balaban J connectivity index is 1.89. The lowest BCUT2D eigenvalue weighted by Gasteiger charge is -2.39. The Morgan fingerprint density at radius 1 is 1.33 bits per heavy atom. The molecule has 2 aromatic heterocycles. The van der Waals surface area contributed by atoms with Crippen LogP contribution in [0.3, 0.4) is 0 Å². The molecule has 18 heavy (non-hydrogen) atoms. The third kappa shape index (κ3) is 1.98. The Morgan fingerprint density at radius 2 is 2.22 bits per heavy atom. The number of rotatable bonds is 2. The first-order valence-corrected chi connectivity index (χ1v) is 6.85. The molecule has 0 spiro atoms. The Hall–Kier alpha value is -1.51. The third-order valence-electron chi connectivity index (χ3n) is 4.26. The van der Waals surface area contributed by atoms with Crippen molar-refractivity contribution in [1.29, 1.82) is 0 Å². The maximum Gasteiger partial charge on any atom is 0.138 e. The lowest BCUT2D eigenvalue weighted by Crippen LogP contribution is -2.39. The molecule has 2 heterocycles. The van der Waals surface area contributed by atoms with Crippen LogP contribution in [0.15, 0.2) is 30.6 Å². The number of nitrogens with zero attached hydrogens (tertiary/aromatic N) is 2. The summed E-state index contributed by atoms with van der Waals surface area (Å²) in [6, 6.07) is 6.80. The highest BCUT2D eigenvalue weighted by Crippen LogP contribution is 2.37. The molecular formula is C15H21N3.